The second-order valence-corrected chi connectivity index (χ2v) is 8.10. The summed E-state index contributed by atoms with van der Waals surface area (Å²) in [5, 5.41) is 23.7. The molecular formula is C21H22ClN4O2-. The van der Waals surface area contributed by atoms with Crippen molar-refractivity contribution in [2.75, 3.05) is 0 Å². The summed E-state index contributed by atoms with van der Waals surface area (Å²) in [5.41, 5.74) is 3.52. The van der Waals surface area contributed by atoms with Gasteiger partial charge in [0.15, 0.2) is 5.65 Å². The Labute approximate surface area is 168 Å². The van der Waals surface area contributed by atoms with Gasteiger partial charge < -0.3 is 9.90 Å². The molecule has 2 aliphatic rings. The first-order chi connectivity index (χ1) is 13.6. The summed E-state index contributed by atoms with van der Waals surface area (Å²) in [6, 6.07) is 10.4. The summed E-state index contributed by atoms with van der Waals surface area (Å²) >= 11 is 6.75. The normalized spacial score (nSPS) is 23.3. The van der Waals surface area contributed by atoms with E-state index < -0.39 is 6.47 Å². The van der Waals surface area contributed by atoms with E-state index in [-0.39, 0.29) is 0 Å². The second kappa shape index (κ2) is 7.87. The molecule has 0 N–H and O–H groups in total. The van der Waals surface area contributed by atoms with E-state index in [0.717, 1.165) is 39.8 Å². The molecule has 7 heteroatoms. The average Bonchev–Trinajstić information content (AvgIpc) is 3.22. The lowest BCUT2D eigenvalue weighted by Gasteiger charge is -2.28. The predicted molar refractivity (Wildman–Crippen MR) is 106 cm³/mol. The largest absolute Gasteiger partial charge is 0.554 e. The van der Waals surface area contributed by atoms with Crippen molar-refractivity contribution in [2.45, 2.75) is 45.1 Å². The van der Waals surface area contributed by atoms with Gasteiger partial charge >= 0.3 is 0 Å². The van der Waals surface area contributed by atoms with E-state index in [4.69, 9.17) is 26.6 Å². The van der Waals surface area contributed by atoms with Gasteiger partial charge in [-0.05, 0) is 38.0 Å². The van der Waals surface area contributed by atoms with Crippen LogP contribution in [0.5, 0.6) is 0 Å². The molecule has 2 aliphatic carbocycles. The number of aromatic nitrogens is 4. The molecule has 5 rings (SSSR count). The first kappa shape index (κ1) is 18.9. The summed E-state index contributed by atoms with van der Waals surface area (Å²) < 4.78 is 2.11. The fourth-order valence-corrected chi connectivity index (χ4v) is 5.22. The maximum absolute atomic E-state index is 8.25. The van der Waals surface area contributed by atoms with Gasteiger partial charge in [-0.2, -0.15) is 5.10 Å². The van der Waals surface area contributed by atoms with Gasteiger partial charge in [0.25, 0.3) is 0 Å². The number of nitrogens with zero attached hydrogens (tertiary/aromatic N) is 4. The molecule has 146 valence electrons. The quantitative estimate of drug-likeness (QED) is 0.617. The van der Waals surface area contributed by atoms with Crippen molar-refractivity contribution in [1.29, 1.82) is 0 Å². The van der Waals surface area contributed by atoms with E-state index in [2.05, 4.69) is 14.9 Å². The molecule has 2 saturated carbocycles. The van der Waals surface area contributed by atoms with Crippen molar-refractivity contribution in [2.24, 2.45) is 11.8 Å². The summed E-state index contributed by atoms with van der Waals surface area (Å²) in [6.45, 7) is 1.53. The van der Waals surface area contributed by atoms with Crippen LogP contribution in [-0.2, 0) is 4.79 Å². The summed E-state index contributed by atoms with van der Waals surface area (Å²) in [7, 11) is 0. The van der Waals surface area contributed by atoms with Crippen LogP contribution >= 0.6 is 11.6 Å². The van der Waals surface area contributed by atoms with E-state index in [1.165, 1.54) is 32.1 Å². The number of hydrogen-bond donors (Lipinski definition) is 0. The van der Waals surface area contributed by atoms with Crippen LogP contribution in [0.3, 0.4) is 0 Å². The Bertz CT molecular complexity index is 977. The Morgan fingerprint density at radius 3 is 2.39 bits per heavy atom. The van der Waals surface area contributed by atoms with Crippen molar-refractivity contribution >= 4 is 29.1 Å². The zero-order valence-corrected chi connectivity index (χ0v) is 16.5. The molecule has 2 fully saturated rings. The summed E-state index contributed by atoms with van der Waals surface area (Å²) in [4.78, 5) is 8.25. The predicted octanol–water partition coefficient (Wildman–Crippen LogP) is 3.57. The highest BCUT2D eigenvalue weighted by atomic mass is 35.5. The zero-order chi connectivity index (χ0) is 19.7. The molecule has 0 amide bonds. The van der Waals surface area contributed by atoms with Crippen molar-refractivity contribution < 1.29 is 9.90 Å². The Hall–Kier alpha value is -2.47. The molecule has 1 unspecified atom stereocenters. The average molecular weight is 398 g/mol. The standard InChI is InChI=1S/C20H21ClN4.CH2O2/c1-12-17-18(21)19(15-5-3-2-4-6-15)22-23-20(17)25(24-12)16-10-13-7-8-14(9-13)11-16;2-1-3/h2-6,13-14,16H,7-11H2,1H3;1H,(H,2,3)/p-1/t13-,14+,16?;. The van der Waals surface area contributed by atoms with Crippen molar-refractivity contribution in [3.05, 3.63) is 41.0 Å². The lowest BCUT2D eigenvalue weighted by atomic mass is 9.85. The number of aryl methyl sites for hydroxylation is 1. The fraction of sp³-hybridized carbons (Fsp3) is 0.429. The molecule has 2 bridgehead atoms. The molecule has 6 nitrogen and oxygen atoms in total. The lowest BCUT2D eigenvalue weighted by molar-refractivity contribution is -0.283. The van der Waals surface area contributed by atoms with Gasteiger partial charge in [-0.1, -0.05) is 54.8 Å². The molecule has 2 aromatic heterocycles. The van der Waals surface area contributed by atoms with Crippen LogP contribution in [0.1, 0.15) is 43.8 Å². The van der Waals surface area contributed by atoms with Crippen LogP contribution < -0.4 is 5.11 Å². The van der Waals surface area contributed by atoms with Gasteiger partial charge in [-0.3, -0.25) is 0 Å². The van der Waals surface area contributed by atoms with Gasteiger partial charge in [0, 0.05) is 12.0 Å². The van der Waals surface area contributed by atoms with E-state index >= 15 is 0 Å². The summed E-state index contributed by atoms with van der Waals surface area (Å²) in [6.07, 6.45) is 6.59. The minimum atomic E-state index is -0.500. The Morgan fingerprint density at radius 2 is 1.75 bits per heavy atom. The monoisotopic (exact) mass is 397 g/mol. The number of carbonyl (C=O) groups is 1. The number of carbonyl (C=O) groups excluding carboxylic acids is 1. The molecule has 0 saturated heterocycles. The zero-order valence-electron chi connectivity index (χ0n) is 15.7. The molecule has 0 spiro atoms. The third-order valence-electron chi connectivity index (χ3n) is 5.99. The van der Waals surface area contributed by atoms with Crippen LogP contribution in [0.15, 0.2) is 30.3 Å². The van der Waals surface area contributed by atoms with Crippen molar-refractivity contribution in [3.63, 3.8) is 0 Å². The molecule has 2 heterocycles. The van der Waals surface area contributed by atoms with Crippen molar-refractivity contribution in [1.82, 2.24) is 20.0 Å². The molecule has 1 aromatic carbocycles. The highest BCUT2D eigenvalue weighted by Gasteiger charge is 2.36. The van der Waals surface area contributed by atoms with Crippen molar-refractivity contribution in [3.8, 4) is 11.3 Å². The molecule has 0 aliphatic heterocycles. The highest BCUT2D eigenvalue weighted by Crippen LogP contribution is 2.47. The minimum absolute atomic E-state index is 0.440. The van der Waals surface area contributed by atoms with E-state index in [1.54, 1.807) is 0 Å². The third kappa shape index (κ3) is 3.37. The van der Waals surface area contributed by atoms with Gasteiger partial charge in [-0.25, -0.2) is 4.68 Å². The lowest BCUT2D eigenvalue weighted by Crippen LogP contribution is -2.21. The minimum Gasteiger partial charge on any atom is -0.554 e. The SMILES string of the molecule is Cc1nn(C2C[C@H]3CC[C@@H](C2)C3)c2nnc(-c3ccccc3)c(Cl)c12.O=C[O-]. The molecular weight excluding hydrogens is 376 g/mol. The van der Waals surface area contributed by atoms with Gasteiger partial charge in [-0.15, -0.1) is 10.2 Å². The Morgan fingerprint density at radius 1 is 1.11 bits per heavy atom. The number of rotatable bonds is 2. The Balaban J connectivity index is 0.000000604. The Kier molecular flexibility index (Phi) is 5.31. The number of carboxylic acid groups (broad SMARTS) is 1. The smallest absolute Gasteiger partial charge is 0.182 e. The molecule has 28 heavy (non-hydrogen) atoms. The molecule has 0 radical (unpaired) electrons. The highest BCUT2D eigenvalue weighted by molar-refractivity contribution is 6.37. The van der Waals surface area contributed by atoms with E-state index in [0.29, 0.717) is 11.1 Å². The topological polar surface area (TPSA) is 83.7 Å². The first-order valence-corrected chi connectivity index (χ1v) is 10.0. The first-order valence-electron chi connectivity index (χ1n) is 9.64. The van der Waals surface area contributed by atoms with Crippen LogP contribution in [-0.4, -0.2) is 26.5 Å². The van der Waals surface area contributed by atoms with Crippen LogP contribution in [0.4, 0.5) is 0 Å². The number of benzene rings is 1. The third-order valence-corrected chi connectivity index (χ3v) is 6.35. The summed E-state index contributed by atoms with van der Waals surface area (Å²) in [5.74, 6) is 1.71. The molecule has 3 aromatic rings. The fourth-order valence-electron chi connectivity index (χ4n) is 4.85. The van der Waals surface area contributed by atoms with Gasteiger partial charge in [0.05, 0.1) is 22.1 Å². The van der Waals surface area contributed by atoms with Crippen LogP contribution in [0, 0.1) is 18.8 Å². The van der Waals surface area contributed by atoms with Gasteiger partial charge in [0.1, 0.15) is 5.69 Å². The van der Waals surface area contributed by atoms with Crippen LogP contribution in [0.25, 0.3) is 22.3 Å². The molecule has 3 atom stereocenters. The van der Waals surface area contributed by atoms with E-state index in [9.17, 15) is 0 Å². The van der Waals surface area contributed by atoms with Crippen LogP contribution in [0.2, 0.25) is 5.02 Å². The van der Waals surface area contributed by atoms with E-state index in [1.807, 2.05) is 37.3 Å². The maximum Gasteiger partial charge on any atom is 0.182 e. The number of halogens is 1. The maximum atomic E-state index is 8.25. The number of fused-ring (bicyclic) bond motifs is 3. The number of hydrogen-bond acceptors (Lipinski definition) is 5. The van der Waals surface area contributed by atoms with Gasteiger partial charge in [0.2, 0.25) is 0 Å². The second-order valence-electron chi connectivity index (χ2n) is 7.72.